The number of rotatable bonds is 53. The summed E-state index contributed by atoms with van der Waals surface area (Å²) in [6.45, 7) is 21.3. The molecular weight excluding hydrogens is 1350 g/mol. The van der Waals surface area contributed by atoms with Gasteiger partial charge in [-0.15, -0.1) is 0 Å². The maximum Gasteiger partial charge on any atom is 0.410 e. The number of anilines is 1. The topological polar surface area (TPSA) is 408 Å². The number of carbonyl (C=O) groups excluding carboxylic acids is 9. The van der Waals surface area contributed by atoms with Gasteiger partial charge in [-0.25, -0.2) is 14.4 Å². The van der Waals surface area contributed by atoms with Crippen molar-refractivity contribution >= 4 is 65.1 Å². The molecule has 1 aliphatic heterocycles. The monoisotopic (exact) mass is 1470 g/mol. The fourth-order valence-electron chi connectivity index (χ4n) is 12.1. The van der Waals surface area contributed by atoms with E-state index >= 15 is 0 Å². The van der Waals surface area contributed by atoms with Gasteiger partial charge >= 0.3 is 18.1 Å². The Hall–Kier alpha value is -7.62. The van der Waals surface area contributed by atoms with Crippen molar-refractivity contribution in [1.29, 1.82) is 0 Å². The molecule has 3 rings (SSSR count). The molecular formula is C73H121N11O20. The molecule has 0 unspecified atom stereocenters. The fourth-order valence-corrected chi connectivity index (χ4v) is 12.1. The molecule has 31 nitrogen and oxygen atoms in total. The molecule has 0 aromatic heterocycles. The van der Waals surface area contributed by atoms with Gasteiger partial charge in [0.2, 0.25) is 41.4 Å². The Labute approximate surface area is 613 Å². The minimum Gasteiger partial charge on any atom is -0.480 e. The average Bonchev–Trinajstić information content (AvgIpc) is 1.25. The number of likely N-dealkylation sites (tertiary alicyclic amines) is 1. The lowest BCUT2D eigenvalue weighted by atomic mass is 9.89. The number of carbonyl (C=O) groups is 10. The Morgan fingerprint density at radius 3 is 1.69 bits per heavy atom. The van der Waals surface area contributed by atoms with Crippen LogP contribution in [0.15, 0.2) is 54.6 Å². The summed E-state index contributed by atoms with van der Waals surface area (Å²) in [5.41, 5.74) is 12.2. The third-order valence-corrected chi connectivity index (χ3v) is 18.0. The number of methoxy groups -OCH3 is 2. The van der Waals surface area contributed by atoms with Gasteiger partial charge in [-0.1, -0.05) is 111 Å². The van der Waals surface area contributed by atoms with Crippen molar-refractivity contribution < 1.29 is 95.7 Å². The highest BCUT2D eigenvalue weighted by Gasteiger charge is 2.44. The first-order valence-electron chi connectivity index (χ1n) is 36.2. The van der Waals surface area contributed by atoms with Crippen LogP contribution in [0.4, 0.5) is 15.3 Å². The number of carboxylic acids is 1. The van der Waals surface area contributed by atoms with E-state index in [0.29, 0.717) is 103 Å². The van der Waals surface area contributed by atoms with Crippen LogP contribution in [0, 0.1) is 29.6 Å². The predicted octanol–water partition coefficient (Wildman–Crippen LogP) is 3.61. The molecule has 1 aliphatic rings. The van der Waals surface area contributed by atoms with Crippen molar-refractivity contribution in [3.8, 4) is 0 Å². The SMILES string of the molecule is CC[C@H](C)[C@@H]([C@@H](CC(=O)N1CCC[C@H]1[C@H](OC)[C@@H](C)C(=O)N[C@@H](Cc1ccccc1)C(=O)O)OC)N(C)C(=O)[C@@H](NC(=O)[C@H](C(C)C)N(C)C(=O)OCc1ccc(NC(=O)[C@H](CCCNC(N)=O)NC(=O)[C@@H](NC(=O)CCOCCOCCOCCOCCOCCOCCN)C(C)C)cc1)C(C)C. The zero-order chi connectivity index (χ0) is 77.3. The number of aliphatic carboxylic acids is 1. The summed E-state index contributed by atoms with van der Waals surface area (Å²) in [5, 5.41) is 26.4. The minimum atomic E-state index is -1.19. The van der Waals surface area contributed by atoms with E-state index in [1.807, 2.05) is 19.9 Å². The summed E-state index contributed by atoms with van der Waals surface area (Å²) in [4.78, 5) is 140. The number of carboxylic acid groups (broad SMARTS) is 1. The Balaban J connectivity index is 1.59. The molecule has 0 radical (unpaired) electrons. The second-order valence-corrected chi connectivity index (χ2v) is 26.9. The molecule has 0 spiro atoms. The summed E-state index contributed by atoms with van der Waals surface area (Å²) in [5.74, 6) is -7.03. The number of primary amides is 1. The number of hydrogen-bond donors (Lipinski definition) is 9. The van der Waals surface area contributed by atoms with E-state index in [2.05, 4.69) is 31.9 Å². The van der Waals surface area contributed by atoms with Crippen molar-refractivity contribution in [2.45, 2.75) is 175 Å². The zero-order valence-corrected chi connectivity index (χ0v) is 63.4. The standard InChI is InChI=1S/C73H121N11O20/c1-14-50(8)64(58(96-12)45-60(86)84-31-19-23-57(84)65(97-13)51(9)66(87)79-56(71(92)93)44-52-20-16-15-17-21-52)82(10)70(91)62(48(4)5)81-69(90)63(49(6)7)83(11)73(95)104-46-53-24-26-54(27-25-53)77-67(88)55(22-18-30-76-72(75)94)78-68(89)61(47(2)3)80-59(85)28-32-98-34-36-100-38-40-102-42-43-103-41-39-101-37-35-99-33-29-74/h15-17,20-21,24-27,47-51,55-58,61-65H,14,18-19,22-23,28-46,74H2,1-13H3,(H,77,88)(H,78,89)(H,79,87)(H,80,85)(H,81,90)(H,92,93)(H3,75,76,94)/t50-,51+,55-,56-,57-,58+,61-,62-,63-,64-,65+/m0/s1. The maximum absolute atomic E-state index is 14.8. The fraction of sp³-hybridized carbons (Fsp3) is 0.699. The summed E-state index contributed by atoms with van der Waals surface area (Å²) >= 11 is 0. The second-order valence-electron chi connectivity index (χ2n) is 26.9. The van der Waals surface area contributed by atoms with Gasteiger partial charge in [-0.3, -0.25) is 38.5 Å². The van der Waals surface area contributed by atoms with Crippen molar-refractivity contribution in [3.63, 3.8) is 0 Å². The molecule has 1 saturated heterocycles. The molecule has 0 saturated carbocycles. The van der Waals surface area contributed by atoms with Gasteiger partial charge in [0.1, 0.15) is 36.8 Å². The number of nitrogens with one attached hydrogen (secondary N) is 6. The third kappa shape index (κ3) is 32.4. The number of hydrogen-bond acceptors (Lipinski definition) is 20. The van der Waals surface area contributed by atoms with Gasteiger partial charge in [0, 0.05) is 66.5 Å². The quantitative estimate of drug-likeness (QED) is 0.0427. The number of ether oxygens (including phenoxy) is 9. The van der Waals surface area contributed by atoms with E-state index in [1.165, 1.54) is 31.1 Å². The first-order chi connectivity index (χ1) is 49.6. The summed E-state index contributed by atoms with van der Waals surface area (Å²) < 4.78 is 50.4. The first-order valence-corrected chi connectivity index (χ1v) is 36.2. The van der Waals surface area contributed by atoms with Gasteiger partial charge in [0.15, 0.2) is 0 Å². The zero-order valence-electron chi connectivity index (χ0n) is 63.4. The molecule has 0 aliphatic carbocycles. The lowest BCUT2D eigenvalue weighted by Crippen LogP contribution is -2.60. The van der Waals surface area contributed by atoms with Crippen LogP contribution in [0.5, 0.6) is 0 Å². The average molecular weight is 1470 g/mol. The number of nitrogens with zero attached hydrogens (tertiary/aromatic N) is 3. The minimum absolute atomic E-state index is 0.0471. The van der Waals surface area contributed by atoms with E-state index in [-0.39, 0.29) is 82.8 Å². The van der Waals surface area contributed by atoms with Crippen LogP contribution in [0.25, 0.3) is 0 Å². The second kappa shape index (κ2) is 50.0. The molecule has 588 valence electrons. The van der Waals surface area contributed by atoms with Gasteiger partial charge in [-0.2, -0.15) is 0 Å². The Bertz CT molecular complexity index is 2900. The van der Waals surface area contributed by atoms with Crippen molar-refractivity contribution in [2.24, 2.45) is 41.1 Å². The highest BCUT2D eigenvalue weighted by Crippen LogP contribution is 2.30. The van der Waals surface area contributed by atoms with Gasteiger partial charge in [0.05, 0.1) is 116 Å². The number of benzene rings is 2. The first kappa shape index (κ1) is 90.6. The van der Waals surface area contributed by atoms with Crippen molar-refractivity contribution in [2.75, 3.05) is 133 Å². The Morgan fingerprint density at radius 1 is 0.625 bits per heavy atom. The van der Waals surface area contributed by atoms with Gasteiger partial charge < -0.3 is 101 Å². The molecule has 10 amide bonds. The van der Waals surface area contributed by atoms with Gasteiger partial charge in [-0.05, 0) is 72.6 Å². The molecule has 1 heterocycles. The third-order valence-electron chi connectivity index (χ3n) is 18.0. The molecule has 104 heavy (non-hydrogen) atoms. The number of amides is 10. The largest absolute Gasteiger partial charge is 0.480 e. The van der Waals surface area contributed by atoms with Crippen LogP contribution in [0.1, 0.15) is 118 Å². The molecule has 31 heteroatoms. The highest BCUT2D eigenvalue weighted by molar-refractivity contribution is 5.98. The van der Waals surface area contributed by atoms with E-state index in [1.54, 1.807) is 109 Å². The van der Waals surface area contributed by atoms with Crippen LogP contribution in [-0.2, 0) is 94.0 Å². The van der Waals surface area contributed by atoms with E-state index in [4.69, 9.17) is 54.1 Å². The molecule has 1 fully saturated rings. The lowest BCUT2D eigenvalue weighted by molar-refractivity contribution is -0.148. The number of urea groups is 1. The van der Waals surface area contributed by atoms with Crippen LogP contribution in [-0.4, -0.2) is 261 Å². The predicted molar refractivity (Wildman–Crippen MR) is 388 cm³/mol. The van der Waals surface area contributed by atoms with E-state index in [0.717, 1.165) is 5.56 Å². The van der Waals surface area contributed by atoms with Crippen molar-refractivity contribution in [3.05, 3.63) is 65.7 Å². The van der Waals surface area contributed by atoms with Crippen LogP contribution in [0.3, 0.4) is 0 Å². The highest BCUT2D eigenvalue weighted by atomic mass is 16.6. The summed E-state index contributed by atoms with van der Waals surface area (Å²) in [7, 11) is 5.97. The van der Waals surface area contributed by atoms with E-state index < -0.39 is 126 Å². The molecule has 0 bridgehead atoms. The number of nitrogens with two attached hydrogens (primary N) is 2. The molecule has 11 N–H and O–H groups in total. The van der Waals surface area contributed by atoms with Crippen molar-refractivity contribution in [1.82, 2.24) is 41.3 Å². The van der Waals surface area contributed by atoms with Crippen LogP contribution in [0.2, 0.25) is 0 Å². The molecule has 2 aromatic carbocycles. The lowest BCUT2D eigenvalue weighted by Gasteiger charge is -2.41. The van der Waals surface area contributed by atoms with Gasteiger partial charge in [0.25, 0.3) is 0 Å². The summed E-state index contributed by atoms with van der Waals surface area (Å²) in [6.07, 6.45) is -0.459. The smallest absolute Gasteiger partial charge is 0.410 e. The summed E-state index contributed by atoms with van der Waals surface area (Å²) in [6, 6.07) is 7.89. The van der Waals surface area contributed by atoms with Crippen LogP contribution < -0.4 is 43.4 Å². The number of likely N-dealkylation sites (N-methyl/N-ethyl adjacent to an activating group) is 2. The Kier molecular flexibility index (Phi) is 43.5. The van der Waals surface area contributed by atoms with E-state index in [9.17, 15) is 53.1 Å². The molecule has 2 aromatic rings. The Morgan fingerprint density at radius 2 is 1.18 bits per heavy atom. The molecule has 11 atom stereocenters. The maximum atomic E-state index is 14.8. The normalized spacial score (nSPS) is 15.9. The van der Waals surface area contributed by atoms with Crippen LogP contribution >= 0.6 is 0 Å².